The SMILES string of the molecule is FC(F)(F)c1cc(Cl)c2c(Br)[nH]nc2c1. The number of alkyl halides is 3. The van der Waals surface area contributed by atoms with E-state index in [1.807, 2.05) is 0 Å². The van der Waals surface area contributed by atoms with Crippen LogP contribution in [0.2, 0.25) is 5.02 Å². The number of halogens is 5. The van der Waals surface area contributed by atoms with E-state index in [2.05, 4.69) is 26.1 Å². The van der Waals surface area contributed by atoms with Gasteiger partial charge in [0.05, 0.1) is 21.5 Å². The van der Waals surface area contributed by atoms with Gasteiger partial charge in [0.2, 0.25) is 0 Å². The quantitative estimate of drug-likeness (QED) is 0.782. The molecule has 80 valence electrons. The Morgan fingerprint density at radius 2 is 2.00 bits per heavy atom. The summed E-state index contributed by atoms with van der Waals surface area (Å²) in [7, 11) is 0. The standard InChI is InChI=1S/C8H3BrClF3N2/c9-7-6-4(10)1-3(8(11,12)13)2-5(6)14-15-7/h1-2H,(H,14,15). The molecule has 0 fully saturated rings. The predicted octanol–water partition coefficient (Wildman–Crippen LogP) is 4.00. The van der Waals surface area contributed by atoms with E-state index in [4.69, 9.17) is 11.6 Å². The number of hydrogen-bond acceptors (Lipinski definition) is 1. The third-order valence-corrected chi connectivity index (χ3v) is 2.76. The molecule has 1 aromatic carbocycles. The van der Waals surface area contributed by atoms with Gasteiger partial charge in [0.1, 0.15) is 4.60 Å². The second kappa shape index (κ2) is 3.38. The molecule has 1 heterocycles. The number of hydrogen-bond donors (Lipinski definition) is 1. The Morgan fingerprint density at radius 1 is 1.33 bits per heavy atom. The van der Waals surface area contributed by atoms with Gasteiger partial charge in [0.25, 0.3) is 0 Å². The van der Waals surface area contributed by atoms with Crippen molar-refractivity contribution in [2.75, 3.05) is 0 Å². The second-order valence-corrected chi connectivity index (χ2v) is 4.09. The van der Waals surface area contributed by atoms with E-state index in [-0.39, 0.29) is 10.5 Å². The summed E-state index contributed by atoms with van der Waals surface area (Å²) < 4.78 is 37.7. The number of rotatable bonds is 0. The summed E-state index contributed by atoms with van der Waals surface area (Å²) in [5.74, 6) is 0. The largest absolute Gasteiger partial charge is 0.416 e. The molecule has 2 aromatic rings. The molecule has 0 atom stereocenters. The van der Waals surface area contributed by atoms with E-state index in [1.54, 1.807) is 0 Å². The minimum atomic E-state index is -4.41. The van der Waals surface area contributed by atoms with Crippen molar-refractivity contribution < 1.29 is 13.2 Å². The van der Waals surface area contributed by atoms with Crippen LogP contribution in [0.3, 0.4) is 0 Å². The summed E-state index contributed by atoms with van der Waals surface area (Å²) in [5, 5.41) is 6.67. The first-order valence-electron chi connectivity index (χ1n) is 3.80. The van der Waals surface area contributed by atoms with Crippen LogP contribution in [0, 0.1) is 0 Å². The highest BCUT2D eigenvalue weighted by Crippen LogP contribution is 2.36. The molecule has 1 N–H and O–H groups in total. The molecule has 0 aliphatic heterocycles. The average molecular weight is 299 g/mol. The molecule has 0 bridgehead atoms. The van der Waals surface area contributed by atoms with Crippen molar-refractivity contribution in [3.8, 4) is 0 Å². The Labute approximate surface area is 95.5 Å². The normalized spacial score (nSPS) is 12.3. The number of fused-ring (bicyclic) bond motifs is 1. The fraction of sp³-hybridized carbons (Fsp3) is 0.125. The van der Waals surface area contributed by atoms with Gasteiger partial charge in [-0.15, -0.1) is 0 Å². The molecular formula is C8H3BrClF3N2. The van der Waals surface area contributed by atoms with E-state index in [9.17, 15) is 13.2 Å². The molecule has 0 saturated heterocycles. The van der Waals surface area contributed by atoms with E-state index in [0.717, 1.165) is 12.1 Å². The molecule has 0 spiro atoms. The first kappa shape index (κ1) is 10.8. The maximum absolute atomic E-state index is 12.4. The predicted molar refractivity (Wildman–Crippen MR) is 53.8 cm³/mol. The number of nitrogens with zero attached hydrogens (tertiary/aromatic N) is 1. The molecule has 0 saturated carbocycles. The summed E-state index contributed by atoms with van der Waals surface area (Å²) in [4.78, 5) is 0. The molecule has 1 aromatic heterocycles. The summed E-state index contributed by atoms with van der Waals surface area (Å²) in [6, 6.07) is 1.83. The topological polar surface area (TPSA) is 28.7 Å². The minimum Gasteiger partial charge on any atom is -0.270 e. The smallest absolute Gasteiger partial charge is 0.270 e. The Kier molecular flexibility index (Phi) is 2.42. The zero-order valence-corrected chi connectivity index (χ0v) is 9.33. The lowest BCUT2D eigenvalue weighted by Crippen LogP contribution is -2.04. The molecule has 7 heteroatoms. The lowest BCUT2D eigenvalue weighted by molar-refractivity contribution is -0.137. The third-order valence-electron chi connectivity index (χ3n) is 1.89. The zero-order chi connectivity index (χ0) is 11.2. The molecule has 0 aliphatic carbocycles. The van der Waals surface area contributed by atoms with E-state index >= 15 is 0 Å². The van der Waals surface area contributed by atoms with Gasteiger partial charge in [-0.1, -0.05) is 11.6 Å². The lowest BCUT2D eigenvalue weighted by Gasteiger charge is -2.06. The summed E-state index contributed by atoms with van der Waals surface area (Å²) in [5.41, 5.74) is -0.624. The minimum absolute atomic E-state index is 0.0143. The Morgan fingerprint density at radius 3 is 2.60 bits per heavy atom. The van der Waals surface area contributed by atoms with Crippen LogP contribution in [0.15, 0.2) is 16.7 Å². The highest BCUT2D eigenvalue weighted by molar-refractivity contribution is 9.10. The van der Waals surface area contributed by atoms with E-state index in [1.165, 1.54) is 0 Å². The van der Waals surface area contributed by atoms with Gasteiger partial charge in [-0.3, -0.25) is 5.10 Å². The van der Waals surface area contributed by atoms with Crippen molar-refractivity contribution >= 4 is 38.4 Å². The van der Waals surface area contributed by atoms with Gasteiger partial charge in [-0.05, 0) is 28.1 Å². The Hall–Kier alpha value is -0.750. The zero-order valence-electron chi connectivity index (χ0n) is 6.99. The first-order valence-corrected chi connectivity index (χ1v) is 4.97. The van der Waals surface area contributed by atoms with Crippen LogP contribution < -0.4 is 0 Å². The van der Waals surface area contributed by atoms with Crippen molar-refractivity contribution in [1.29, 1.82) is 0 Å². The van der Waals surface area contributed by atoms with Gasteiger partial charge in [0.15, 0.2) is 0 Å². The lowest BCUT2D eigenvalue weighted by atomic mass is 10.1. The molecule has 0 aliphatic rings. The number of nitrogens with one attached hydrogen (secondary N) is 1. The molecule has 2 rings (SSSR count). The van der Waals surface area contributed by atoms with Crippen molar-refractivity contribution in [2.45, 2.75) is 6.18 Å². The van der Waals surface area contributed by atoms with E-state index in [0.29, 0.717) is 9.99 Å². The van der Waals surface area contributed by atoms with Crippen LogP contribution in [0.5, 0.6) is 0 Å². The second-order valence-electron chi connectivity index (χ2n) is 2.89. The first-order chi connectivity index (χ1) is 6.89. The maximum atomic E-state index is 12.4. The highest BCUT2D eigenvalue weighted by atomic mass is 79.9. The highest BCUT2D eigenvalue weighted by Gasteiger charge is 2.31. The monoisotopic (exact) mass is 298 g/mol. The number of H-pyrrole nitrogens is 1. The average Bonchev–Trinajstić information content (AvgIpc) is 2.46. The van der Waals surface area contributed by atoms with Crippen LogP contribution >= 0.6 is 27.5 Å². The van der Waals surface area contributed by atoms with Crippen LogP contribution in [0.25, 0.3) is 10.9 Å². The molecule has 0 amide bonds. The van der Waals surface area contributed by atoms with Crippen molar-refractivity contribution in [3.63, 3.8) is 0 Å². The third kappa shape index (κ3) is 1.83. The molecule has 0 radical (unpaired) electrons. The van der Waals surface area contributed by atoms with Gasteiger partial charge in [0, 0.05) is 0 Å². The number of benzene rings is 1. The molecule has 0 unspecified atom stereocenters. The molecule has 15 heavy (non-hydrogen) atoms. The van der Waals surface area contributed by atoms with Crippen molar-refractivity contribution in [2.24, 2.45) is 0 Å². The van der Waals surface area contributed by atoms with Crippen LogP contribution in [-0.4, -0.2) is 10.2 Å². The van der Waals surface area contributed by atoms with Crippen LogP contribution in [0.4, 0.5) is 13.2 Å². The molecular weight excluding hydrogens is 296 g/mol. The maximum Gasteiger partial charge on any atom is 0.416 e. The summed E-state index contributed by atoms with van der Waals surface area (Å²) in [6.07, 6.45) is -4.41. The van der Waals surface area contributed by atoms with Crippen LogP contribution in [0.1, 0.15) is 5.56 Å². The van der Waals surface area contributed by atoms with Gasteiger partial charge >= 0.3 is 6.18 Å². The fourth-order valence-electron chi connectivity index (χ4n) is 1.23. The number of aromatic nitrogens is 2. The van der Waals surface area contributed by atoms with Gasteiger partial charge in [-0.2, -0.15) is 18.3 Å². The molecule has 2 nitrogen and oxygen atoms in total. The van der Waals surface area contributed by atoms with Crippen molar-refractivity contribution in [1.82, 2.24) is 10.2 Å². The number of aromatic amines is 1. The van der Waals surface area contributed by atoms with E-state index < -0.39 is 11.7 Å². The van der Waals surface area contributed by atoms with Gasteiger partial charge in [-0.25, -0.2) is 0 Å². The van der Waals surface area contributed by atoms with Crippen molar-refractivity contribution in [3.05, 3.63) is 27.3 Å². The summed E-state index contributed by atoms with van der Waals surface area (Å²) >= 11 is 8.83. The Balaban J connectivity index is 2.74. The fourth-order valence-corrected chi connectivity index (χ4v) is 2.15. The summed E-state index contributed by atoms with van der Waals surface area (Å²) in [6.45, 7) is 0. The van der Waals surface area contributed by atoms with Crippen LogP contribution in [-0.2, 0) is 6.18 Å². The van der Waals surface area contributed by atoms with Gasteiger partial charge < -0.3 is 0 Å². The Bertz CT molecular complexity index is 520.